The van der Waals surface area contributed by atoms with E-state index in [1.165, 1.54) is 5.56 Å². The van der Waals surface area contributed by atoms with Crippen LogP contribution in [-0.2, 0) is 4.79 Å². The van der Waals surface area contributed by atoms with Crippen molar-refractivity contribution in [2.24, 2.45) is 5.92 Å². The first-order chi connectivity index (χ1) is 14.6. The van der Waals surface area contributed by atoms with Crippen molar-refractivity contribution in [2.75, 3.05) is 30.4 Å². The molecule has 1 aliphatic heterocycles. The Bertz CT molecular complexity index is 1010. The van der Waals surface area contributed by atoms with Crippen molar-refractivity contribution in [3.8, 4) is 17.1 Å². The van der Waals surface area contributed by atoms with Gasteiger partial charge in [0, 0.05) is 30.8 Å². The molecule has 4 rings (SSSR count). The van der Waals surface area contributed by atoms with Crippen LogP contribution in [0.5, 0.6) is 5.75 Å². The maximum Gasteiger partial charge on any atom is 0.227 e. The van der Waals surface area contributed by atoms with E-state index in [-0.39, 0.29) is 11.8 Å². The Morgan fingerprint density at radius 3 is 2.53 bits per heavy atom. The number of nitrogens with zero attached hydrogens (tertiary/aromatic N) is 3. The number of hydrogen-bond acceptors (Lipinski definition) is 5. The fraction of sp³-hybridized carbons (Fsp3) is 0.292. The van der Waals surface area contributed by atoms with E-state index < -0.39 is 0 Å². The zero-order valence-electron chi connectivity index (χ0n) is 17.3. The summed E-state index contributed by atoms with van der Waals surface area (Å²) in [5, 5.41) is 3.01. The van der Waals surface area contributed by atoms with E-state index in [0.29, 0.717) is 11.4 Å². The number of ether oxygens (including phenoxy) is 1. The molecule has 0 bridgehead atoms. The third-order valence-electron chi connectivity index (χ3n) is 5.51. The number of para-hydroxylation sites is 2. The van der Waals surface area contributed by atoms with Gasteiger partial charge in [-0.15, -0.1) is 0 Å². The maximum absolute atomic E-state index is 12.7. The molecule has 1 aliphatic rings. The molecular formula is C24H26N4O2. The van der Waals surface area contributed by atoms with E-state index in [2.05, 4.69) is 34.3 Å². The van der Waals surface area contributed by atoms with Crippen molar-refractivity contribution in [1.82, 2.24) is 9.97 Å². The van der Waals surface area contributed by atoms with Crippen LogP contribution < -0.4 is 15.0 Å². The van der Waals surface area contributed by atoms with Gasteiger partial charge in [-0.1, -0.05) is 42.0 Å². The Hall–Kier alpha value is -3.41. The van der Waals surface area contributed by atoms with Gasteiger partial charge in [0.15, 0.2) is 5.82 Å². The van der Waals surface area contributed by atoms with Gasteiger partial charge < -0.3 is 15.0 Å². The summed E-state index contributed by atoms with van der Waals surface area (Å²) in [5.74, 6) is 2.33. The van der Waals surface area contributed by atoms with Crippen molar-refractivity contribution in [1.29, 1.82) is 0 Å². The molecule has 2 aromatic carbocycles. The molecule has 0 aliphatic carbocycles. The van der Waals surface area contributed by atoms with Gasteiger partial charge in [0.2, 0.25) is 5.91 Å². The molecule has 3 aromatic rings. The average Bonchev–Trinajstić information content (AvgIpc) is 2.80. The van der Waals surface area contributed by atoms with Gasteiger partial charge in [0.25, 0.3) is 0 Å². The fourth-order valence-corrected chi connectivity index (χ4v) is 3.72. The normalized spacial score (nSPS) is 14.4. The number of aryl methyl sites for hydroxylation is 1. The molecule has 1 saturated heterocycles. The first-order valence-electron chi connectivity index (χ1n) is 10.2. The number of benzene rings is 2. The molecule has 0 saturated carbocycles. The minimum absolute atomic E-state index is 0.0235. The Morgan fingerprint density at radius 2 is 1.80 bits per heavy atom. The van der Waals surface area contributed by atoms with Crippen LogP contribution >= 0.6 is 0 Å². The lowest BCUT2D eigenvalue weighted by Crippen LogP contribution is -2.38. The number of aromatic nitrogens is 2. The van der Waals surface area contributed by atoms with Crippen LogP contribution in [-0.4, -0.2) is 36.1 Å². The lowest BCUT2D eigenvalue weighted by Gasteiger charge is -2.32. The highest BCUT2D eigenvalue weighted by molar-refractivity contribution is 5.94. The Balaban J connectivity index is 1.39. The predicted molar refractivity (Wildman–Crippen MR) is 119 cm³/mol. The summed E-state index contributed by atoms with van der Waals surface area (Å²) in [7, 11) is 1.61. The number of carbonyl (C=O) groups is 1. The van der Waals surface area contributed by atoms with Crippen LogP contribution in [0.25, 0.3) is 11.4 Å². The van der Waals surface area contributed by atoms with Gasteiger partial charge in [-0.3, -0.25) is 4.79 Å². The number of anilines is 2. The van der Waals surface area contributed by atoms with Crippen LogP contribution in [0.2, 0.25) is 0 Å². The molecule has 6 nitrogen and oxygen atoms in total. The second-order valence-corrected chi connectivity index (χ2v) is 7.56. The highest BCUT2D eigenvalue weighted by Gasteiger charge is 2.26. The van der Waals surface area contributed by atoms with E-state index in [1.54, 1.807) is 13.3 Å². The minimum Gasteiger partial charge on any atom is -0.495 e. The van der Waals surface area contributed by atoms with E-state index in [1.807, 2.05) is 42.5 Å². The Labute approximate surface area is 176 Å². The van der Waals surface area contributed by atoms with E-state index >= 15 is 0 Å². The number of hydrogen-bond donors (Lipinski definition) is 1. The Kier molecular flexibility index (Phi) is 5.93. The highest BCUT2D eigenvalue weighted by atomic mass is 16.5. The largest absolute Gasteiger partial charge is 0.495 e. The molecule has 0 spiro atoms. The molecule has 6 heteroatoms. The highest BCUT2D eigenvalue weighted by Crippen LogP contribution is 2.27. The molecule has 1 amide bonds. The molecule has 154 valence electrons. The summed E-state index contributed by atoms with van der Waals surface area (Å²) in [4.78, 5) is 24.1. The first kappa shape index (κ1) is 19.9. The van der Waals surface area contributed by atoms with Gasteiger partial charge >= 0.3 is 0 Å². The quantitative estimate of drug-likeness (QED) is 0.689. The first-order valence-corrected chi connectivity index (χ1v) is 10.2. The predicted octanol–water partition coefficient (Wildman–Crippen LogP) is 4.32. The zero-order valence-corrected chi connectivity index (χ0v) is 17.3. The van der Waals surface area contributed by atoms with Crippen molar-refractivity contribution >= 4 is 17.4 Å². The van der Waals surface area contributed by atoms with Crippen molar-refractivity contribution in [3.63, 3.8) is 0 Å². The Morgan fingerprint density at radius 1 is 1.07 bits per heavy atom. The van der Waals surface area contributed by atoms with Crippen molar-refractivity contribution in [2.45, 2.75) is 19.8 Å². The van der Waals surface area contributed by atoms with Crippen molar-refractivity contribution < 1.29 is 9.53 Å². The molecular weight excluding hydrogens is 376 g/mol. The molecule has 0 atom stereocenters. The van der Waals surface area contributed by atoms with Gasteiger partial charge in [-0.25, -0.2) is 9.97 Å². The van der Waals surface area contributed by atoms with Gasteiger partial charge in [0.05, 0.1) is 12.8 Å². The van der Waals surface area contributed by atoms with E-state index in [9.17, 15) is 4.79 Å². The molecule has 1 aromatic heterocycles. The fourth-order valence-electron chi connectivity index (χ4n) is 3.72. The van der Waals surface area contributed by atoms with E-state index in [4.69, 9.17) is 9.72 Å². The number of methoxy groups -OCH3 is 1. The number of nitrogens with one attached hydrogen (secondary N) is 1. The summed E-state index contributed by atoms with van der Waals surface area (Å²) in [6, 6.07) is 17.6. The van der Waals surface area contributed by atoms with Gasteiger partial charge in [0.1, 0.15) is 11.6 Å². The number of amides is 1. The topological polar surface area (TPSA) is 67.3 Å². The average molecular weight is 402 g/mol. The number of carbonyl (C=O) groups excluding carboxylic acids is 1. The second-order valence-electron chi connectivity index (χ2n) is 7.56. The van der Waals surface area contributed by atoms with Gasteiger partial charge in [-0.2, -0.15) is 0 Å². The zero-order chi connectivity index (χ0) is 20.9. The summed E-state index contributed by atoms with van der Waals surface area (Å²) in [6.45, 7) is 3.64. The molecule has 2 heterocycles. The third-order valence-corrected chi connectivity index (χ3v) is 5.51. The monoisotopic (exact) mass is 402 g/mol. The van der Waals surface area contributed by atoms with Gasteiger partial charge in [-0.05, 0) is 38.0 Å². The lowest BCUT2D eigenvalue weighted by molar-refractivity contribution is -0.120. The minimum atomic E-state index is -0.0235. The van der Waals surface area contributed by atoms with Crippen LogP contribution in [0.15, 0.2) is 60.8 Å². The number of piperidine rings is 1. The standard InChI is InChI=1S/C24H26N4O2/c1-17-7-9-18(10-8-17)23-25-14-11-22(27-23)28-15-12-19(13-16-28)24(29)26-20-5-3-4-6-21(20)30-2/h3-11,14,19H,12-13,15-16H2,1-2H3,(H,26,29). The second kappa shape index (κ2) is 8.95. The summed E-state index contributed by atoms with van der Waals surface area (Å²) >= 11 is 0. The molecule has 1 N–H and O–H groups in total. The summed E-state index contributed by atoms with van der Waals surface area (Å²) in [5.41, 5.74) is 2.93. The third kappa shape index (κ3) is 4.43. The number of rotatable bonds is 5. The smallest absolute Gasteiger partial charge is 0.227 e. The summed E-state index contributed by atoms with van der Waals surface area (Å²) < 4.78 is 5.33. The van der Waals surface area contributed by atoms with Crippen molar-refractivity contribution in [3.05, 3.63) is 66.4 Å². The van der Waals surface area contributed by atoms with Crippen LogP contribution in [0.4, 0.5) is 11.5 Å². The maximum atomic E-state index is 12.7. The lowest BCUT2D eigenvalue weighted by atomic mass is 9.95. The molecule has 1 fully saturated rings. The van der Waals surface area contributed by atoms with Crippen LogP contribution in [0, 0.1) is 12.8 Å². The molecule has 0 unspecified atom stereocenters. The SMILES string of the molecule is COc1ccccc1NC(=O)C1CCN(c2ccnc(-c3ccc(C)cc3)n2)CC1. The molecule has 30 heavy (non-hydrogen) atoms. The van der Waals surface area contributed by atoms with Crippen LogP contribution in [0.1, 0.15) is 18.4 Å². The molecule has 0 radical (unpaired) electrons. The van der Waals surface area contributed by atoms with E-state index in [0.717, 1.165) is 43.1 Å². The summed E-state index contributed by atoms with van der Waals surface area (Å²) in [6.07, 6.45) is 3.37. The van der Waals surface area contributed by atoms with Crippen LogP contribution in [0.3, 0.4) is 0 Å².